The number of amidine groups is 1. The molecule has 0 fully saturated rings. The quantitative estimate of drug-likeness (QED) is 0.332. The van der Waals surface area contributed by atoms with Crippen LogP contribution in [0.5, 0.6) is 0 Å². The van der Waals surface area contributed by atoms with E-state index in [1.807, 2.05) is 0 Å². The maximum atomic E-state index is 12.4. The summed E-state index contributed by atoms with van der Waals surface area (Å²) in [4.78, 5) is 0. The molecule has 0 spiro atoms. The predicted molar refractivity (Wildman–Crippen MR) is 57.9 cm³/mol. The summed E-state index contributed by atoms with van der Waals surface area (Å²) in [5, 5.41) is 13.9. The van der Waals surface area contributed by atoms with E-state index in [-0.39, 0.29) is 11.5 Å². The Balaban J connectivity index is 2.87. The minimum atomic E-state index is -4.39. The van der Waals surface area contributed by atoms with E-state index >= 15 is 0 Å². The minimum Gasteiger partial charge on any atom is -0.409 e. The number of oxime groups is 1. The van der Waals surface area contributed by atoms with Gasteiger partial charge in [-0.25, -0.2) is 0 Å². The molecule has 0 heterocycles. The smallest absolute Gasteiger partial charge is 0.409 e. The molecule has 0 bridgehead atoms. The fraction of sp³-hybridized carbons (Fsp3) is 0.300. The van der Waals surface area contributed by atoms with Crippen LogP contribution in [-0.2, 0) is 6.18 Å². The molecule has 0 saturated heterocycles. The second kappa shape index (κ2) is 4.94. The SMILES string of the molecule is CC(Nc1cccc(C(F)(F)F)c1)C(N)=NO. The molecule has 7 heteroatoms. The van der Waals surface area contributed by atoms with Gasteiger partial charge in [-0.05, 0) is 25.1 Å². The largest absolute Gasteiger partial charge is 0.416 e. The first-order chi connectivity index (χ1) is 7.84. The fourth-order valence-corrected chi connectivity index (χ4v) is 1.20. The lowest BCUT2D eigenvalue weighted by atomic mass is 10.2. The number of nitrogens with one attached hydrogen (secondary N) is 1. The van der Waals surface area contributed by atoms with Crippen LogP contribution in [-0.4, -0.2) is 17.1 Å². The Labute approximate surface area is 95.9 Å². The van der Waals surface area contributed by atoms with Crippen molar-refractivity contribution >= 4 is 11.5 Å². The molecule has 94 valence electrons. The maximum Gasteiger partial charge on any atom is 0.416 e. The molecule has 0 aliphatic heterocycles. The molecule has 4 nitrogen and oxygen atoms in total. The third-order valence-electron chi connectivity index (χ3n) is 2.13. The fourth-order valence-electron chi connectivity index (χ4n) is 1.20. The molecule has 1 aromatic rings. The van der Waals surface area contributed by atoms with Gasteiger partial charge in [-0.15, -0.1) is 0 Å². The summed E-state index contributed by atoms with van der Waals surface area (Å²) in [7, 11) is 0. The van der Waals surface area contributed by atoms with Crippen molar-refractivity contribution < 1.29 is 18.4 Å². The Kier molecular flexibility index (Phi) is 3.82. The van der Waals surface area contributed by atoms with Crippen LogP contribution in [0.3, 0.4) is 0 Å². The lowest BCUT2D eigenvalue weighted by molar-refractivity contribution is -0.137. The zero-order chi connectivity index (χ0) is 13.1. The van der Waals surface area contributed by atoms with Gasteiger partial charge in [-0.1, -0.05) is 11.2 Å². The monoisotopic (exact) mass is 247 g/mol. The first-order valence-electron chi connectivity index (χ1n) is 4.76. The average Bonchev–Trinajstić information content (AvgIpc) is 2.27. The summed E-state index contributed by atoms with van der Waals surface area (Å²) in [6, 6.07) is 4.12. The normalized spacial score (nSPS) is 14.5. The zero-order valence-electron chi connectivity index (χ0n) is 8.99. The molecule has 1 aromatic carbocycles. The first-order valence-corrected chi connectivity index (χ1v) is 4.76. The molecule has 0 aliphatic rings. The Morgan fingerprint density at radius 1 is 1.47 bits per heavy atom. The predicted octanol–water partition coefficient (Wildman–Crippen LogP) is 2.25. The van der Waals surface area contributed by atoms with E-state index in [0.717, 1.165) is 12.1 Å². The average molecular weight is 247 g/mol. The molecular weight excluding hydrogens is 235 g/mol. The molecule has 4 N–H and O–H groups in total. The van der Waals surface area contributed by atoms with Crippen LogP contribution in [0.1, 0.15) is 12.5 Å². The van der Waals surface area contributed by atoms with Gasteiger partial charge in [0.15, 0.2) is 5.84 Å². The highest BCUT2D eigenvalue weighted by atomic mass is 19.4. The number of anilines is 1. The molecule has 0 amide bonds. The van der Waals surface area contributed by atoms with Gasteiger partial charge in [0.1, 0.15) is 0 Å². The van der Waals surface area contributed by atoms with Crippen molar-refractivity contribution in [2.45, 2.75) is 19.1 Å². The number of nitrogens with zero attached hydrogens (tertiary/aromatic N) is 1. The standard InChI is InChI=1S/C10H12F3N3O/c1-6(9(14)16-17)15-8-4-2-3-7(5-8)10(11,12)13/h2-6,15,17H,1H3,(H2,14,16). The Morgan fingerprint density at radius 2 is 2.12 bits per heavy atom. The van der Waals surface area contributed by atoms with E-state index in [4.69, 9.17) is 10.9 Å². The van der Waals surface area contributed by atoms with Crippen molar-refractivity contribution in [3.8, 4) is 0 Å². The molecule has 0 aliphatic carbocycles. The summed E-state index contributed by atoms with van der Waals surface area (Å²) in [6.07, 6.45) is -4.39. The van der Waals surface area contributed by atoms with Gasteiger partial charge < -0.3 is 16.3 Å². The summed E-state index contributed by atoms with van der Waals surface area (Å²) < 4.78 is 37.2. The number of alkyl halides is 3. The first kappa shape index (κ1) is 13.1. The second-order valence-corrected chi connectivity index (χ2v) is 3.47. The third kappa shape index (κ3) is 3.54. The van der Waals surface area contributed by atoms with Gasteiger partial charge in [0.05, 0.1) is 11.6 Å². The topological polar surface area (TPSA) is 70.6 Å². The number of hydrogen-bond acceptors (Lipinski definition) is 3. The van der Waals surface area contributed by atoms with Crippen molar-refractivity contribution in [2.75, 3.05) is 5.32 Å². The molecule has 1 rings (SSSR count). The number of halogens is 3. The summed E-state index contributed by atoms with van der Waals surface area (Å²) in [6.45, 7) is 1.56. The third-order valence-corrected chi connectivity index (χ3v) is 2.13. The van der Waals surface area contributed by atoms with Crippen molar-refractivity contribution in [3.05, 3.63) is 29.8 Å². The summed E-state index contributed by atoms with van der Waals surface area (Å²) in [5.74, 6) is -0.109. The summed E-state index contributed by atoms with van der Waals surface area (Å²) >= 11 is 0. The molecule has 0 aromatic heterocycles. The van der Waals surface area contributed by atoms with Gasteiger partial charge in [0.2, 0.25) is 0 Å². The molecule has 1 atom stereocenters. The van der Waals surface area contributed by atoms with Crippen LogP contribution in [0.25, 0.3) is 0 Å². The van der Waals surface area contributed by atoms with Gasteiger partial charge in [-0.3, -0.25) is 0 Å². The summed E-state index contributed by atoms with van der Waals surface area (Å²) in [5.41, 5.74) is 4.80. The number of nitrogens with two attached hydrogens (primary N) is 1. The highest BCUT2D eigenvalue weighted by Gasteiger charge is 2.30. The van der Waals surface area contributed by atoms with Crippen molar-refractivity contribution in [1.29, 1.82) is 0 Å². The van der Waals surface area contributed by atoms with Crippen molar-refractivity contribution in [2.24, 2.45) is 10.9 Å². The minimum absolute atomic E-state index is 0.109. The van der Waals surface area contributed by atoms with Crippen LogP contribution in [0.15, 0.2) is 29.4 Å². The van der Waals surface area contributed by atoms with E-state index in [0.29, 0.717) is 0 Å². The van der Waals surface area contributed by atoms with Crippen LogP contribution in [0, 0.1) is 0 Å². The molecular formula is C10H12F3N3O. The number of benzene rings is 1. The Morgan fingerprint density at radius 3 is 2.65 bits per heavy atom. The lowest BCUT2D eigenvalue weighted by Crippen LogP contribution is -2.32. The highest BCUT2D eigenvalue weighted by molar-refractivity contribution is 5.87. The Hall–Kier alpha value is -1.92. The van der Waals surface area contributed by atoms with Crippen LogP contribution in [0.4, 0.5) is 18.9 Å². The van der Waals surface area contributed by atoms with E-state index < -0.39 is 17.8 Å². The van der Waals surface area contributed by atoms with E-state index in [2.05, 4.69) is 10.5 Å². The van der Waals surface area contributed by atoms with Crippen LogP contribution >= 0.6 is 0 Å². The Bertz CT molecular complexity index is 418. The molecule has 0 radical (unpaired) electrons. The number of rotatable bonds is 3. The van der Waals surface area contributed by atoms with Gasteiger partial charge in [-0.2, -0.15) is 13.2 Å². The van der Waals surface area contributed by atoms with Gasteiger partial charge >= 0.3 is 6.18 Å². The van der Waals surface area contributed by atoms with Crippen molar-refractivity contribution in [3.63, 3.8) is 0 Å². The van der Waals surface area contributed by atoms with Gasteiger partial charge in [0.25, 0.3) is 0 Å². The van der Waals surface area contributed by atoms with Crippen LogP contribution < -0.4 is 11.1 Å². The molecule has 0 saturated carbocycles. The molecule has 1 unspecified atom stereocenters. The number of hydrogen-bond donors (Lipinski definition) is 3. The molecule has 17 heavy (non-hydrogen) atoms. The van der Waals surface area contributed by atoms with E-state index in [9.17, 15) is 13.2 Å². The van der Waals surface area contributed by atoms with E-state index in [1.165, 1.54) is 12.1 Å². The van der Waals surface area contributed by atoms with Crippen LogP contribution in [0.2, 0.25) is 0 Å². The lowest BCUT2D eigenvalue weighted by Gasteiger charge is -2.15. The van der Waals surface area contributed by atoms with Gasteiger partial charge in [0, 0.05) is 5.69 Å². The highest BCUT2D eigenvalue weighted by Crippen LogP contribution is 2.30. The second-order valence-electron chi connectivity index (χ2n) is 3.47. The van der Waals surface area contributed by atoms with E-state index in [1.54, 1.807) is 6.92 Å². The maximum absolute atomic E-state index is 12.4. The van der Waals surface area contributed by atoms with Crippen molar-refractivity contribution in [1.82, 2.24) is 0 Å². The zero-order valence-corrected chi connectivity index (χ0v) is 8.99.